The van der Waals surface area contributed by atoms with Gasteiger partial charge in [-0.15, -0.1) is 0 Å². The molecule has 116 valence electrons. The van der Waals surface area contributed by atoms with Gasteiger partial charge in [0.15, 0.2) is 0 Å². The van der Waals surface area contributed by atoms with Crippen LogP contribution in [-0.2, 0) is 11.3 Å². The molecule has 1 aromatic heterocycles. The fourth-order valence-electron chi connectivity index (χ4n) is 2.95. The maximum atomic E-state index is 11.5. The fraction of sp³-hybridized carbons (Fsp3) is 0.375. The zero-order chi connectivity index (χ0) is 15.9. The number of fused-ring (bicyclic) bond motifs is 1. The molecule has 1 aromatic carbocycles. The number of carboxylic acid groups (broad SMARTS) is 1. The second kappa shape index (κ2) is 5.23. The van der Waals surface area contributed by atoms with Gasteiger partial charge in [0.2, 0.25) is 0 Å². The van der Waals surface area contributed by atoms with Crippen LogP contribution in [0, 0.1) is 6.92 Å². The van der Waals surface area contributed by atoms with E-state index in [0.717, 1.165) is 16.5 Å². The predicted molar refractivity (Wildman–Crippen MR) is 81.7 cm³/mol. The van der Waals surface area contributed by atoms with E-state index in [1.165, 1.54) is 6.07 Å². The Balaban J connectivity index is 1.84. The Kier molecular flexibility index (Phi) is 3.50. The molecule has 0 unspecified atom stereocenters. The van der Waals surface area contributed by atoms with Gasteiger partial charge in [-0.3, -0.25) is 9.69 Å². The summed E-state index contributed by atoms with van der Waals surface area (Å²) in [6, 6.07) is 7.19. The third-order valence-corrected chi connectivity index (χ3v) is 4.23. The number of carbonyl (C=O) groups is 1. The smallest absolute Gasteiger partial charge is 0.336 e. The highest BCUT2D eigenvalue weighted by atomic mass is 16.4. The minimum Gasteiger partial charge on any atom is -0.480 e. The number of carboxylic acids is 1. The number of rotatable bonds is 3. The maximum absolute atomic E-state index is 11.5. The maximum Gasteiger partial charge on any atom is 0.336 e. The first-order chi connectivity index (χ1) is 10.4. The largest absolute Gasteiger partial charge is 0.480 e. The van der Waals surface area contributed by atoms with Crippen LogP contribution >= 0.6 is 0 Å². The van der Waals surface area contributed by atoms with Crippen molar-refractivity contribution in [1.82, 2.24) is 4.90 Å². The van der Waals surface area contributed by atoms with E-state index in [-0.39, 0.29) is 5.63 Å². The average molecular weight is 302 g/mol. The molecule has 0 spiro atoms. The summed E-state index contributed by atoms with van der Waals surface area (Å²) in [6.07, 6.45) is 0.435. The van der Waals surface area contributed by atoms with Crippen LogP contribution in [0.5, 0.6) is 0 Å². The molecule has 2 heterocycles. The van der Waals surface area contributed by atoms with E-state index in [9.17, 15) is 9.59 Å². The van der Waals surface area contributed by atoms with E-state index in [4.69, 9.17) is 15.3 Å². The normalized spacial score (nSPS) is 22.3. The van der Waals surface area contributed by atoms with E-state index in [2.05, 4.69) is 0 Å². The number of nitrogens with zero attached hydrogens (tertiary/aromatic N) is 1. The monoisotopic (exact) mass is 302 g/mol. The molecule has 1 aliphatic rings. The summed E-state index contributed by atoms with van der Waals surface area (Å²) in [6.45, 7) is 3.41. The van der Waals surface area contributed by atoms with Crippen LogP contribution in [0.4, 0.5) is 0 Å². The highest BCUT2D eigenvalue weighted by Gasteiger charge is 2.41. The van der Waals surface area contributed by atoms with Crippen molar-refractivity contribution >= 4 is 16.9 Å². The molecule has 0 amide bonds. The molecular weight excluding hydrogens is 284 g/mol. The molecule has 0 aliphatic carbocycles. The summed E-state index contributed by atoms with van der Waals surface area (Å²) in [4.78, 5) is 24.6. The van der Waals surface area contributed by atoms with Crippen LogP contribution in [0.25, 0.3) is 11.0 Å². The van der Waals surface area contributed by atoms with Gasteiger partial charge in [-0.2, -0.15) is 0 Å². The second-order valence-electron chi connectivity index (χ2n) is 6.00. The Bertz CT molecular complexity index is 798. The molecule has 22 heavy (non-hydrogen) atoms. The Morgan fingerprint density at radius 2 is 2.23 bits per heavy atom. The number of aryl methyl sites for hydroxylation is 1. The third-order valence-electron chi connectivity index (χ3n) is 4.23. The molecule has 6 heteroatoms. The first-order valence-corrected chi connectivity index (χ1v) is 7.15. The molecule has 1 atom stereocenters. The first-order valence-electron chi connectivity index (χ1n) is 7.15. The van der Waals surface area contributed by atoms with Crippen LogP contribution in [0.3, 0.4) is 0 Å². The summed E-state index contributed by atoms with van der Waals surface area (Å²) in [5.41, 5.74) is 6.75. The predicted octanol–water partition coefficient (Wildman–Crippen LogP) is 1.09. The van der Waals surface area contributed by atoms with Crippen molar-refractivity contribution in [3.05, 3.63) is 45.8 Å². The van der Waals surface area contributed by atoms with Crippen molar-refractivity contribution in [2.24, 2.45) is 5.73 Å². The minimum atomic E-state index is -1.17. The van der Waals surface area contributed by atoms with E-state index >= 15 is 0 Å². The lowest BCUT2D eigenvalue weighted by Crippen LogP contribution is -2.50. The van der Waals surface area contributed by atoms with Crippen LogP contribution < -0.4 is 11.4 Å². The Labute approximate surface area is 127 Å². The molecule has 1 fully saturated rings. The number of likely N-dealkylation sites (tertiary alicyclic amines) is 1. The minimum absolute atomic E-state index is 0.318. The first kappa shape index (κ1) is 14.7. The van der Waals surface area contributed by atoms with Gasteiger partial charge in [-0.05, 0) is 30.5 Å². The summed E-state index contributed by atoms with van der Waals surface area (Å²) >= 11 is 0. The van der Waals surface area contributed by atoms with Crippen molar-refractivity contribution in [2.75, 3.05) is 13.1 Å². The number of aliphatic carboxylic acids is 1. The van der Waals surface area contributed by atoms with Crippen LogP contribution in [0.1, 0.15) is 17.5 Å². The lowest BCUT2D eigenvalue weighted by molar-refractivity contribution is -0.142. The molecule has 2 aromatic rings. The lowest BCUT2D eigenvalue weighted by atomic mass is 10.0. The van der Waals surface area contributed by atoms with Gasteiger partial charge in [0.25, 0.3) is 0 Å². The average Bonchev–Trinajstić information content (AvgIpc) is 2.81. The Morgan fingerprint density at radius 3 is 2.91 bits per heavy atom. The number of nitrogens with two attached hydrogens (primary N) is 1. The van der Waals surface area contributed by atoms with Gasteiger partial charge in [0, 0.05) is 31.1 Å². The molecule has 3 rings (SSSR count). The van der Waals surface area contributed by atoms with Crippen LogP contribution in [-0.4, -0.2) is 34.6 Å². The van der Waals surface area contributed by atoms with Gasteiger partial charge in [-0.1, -0.05) is 12.1 Å². The number of hydrogen-bond donors (Lipinski definition) is 2. The standard InChI is InChI=1S/C16H18N2O4/c1-10-6-14(19)22-13-7-11(2-3-12(10)13)8-18-5-4-16(17,9-18)15(20)21/h2-3,6-7H,4-5,8-9,17H2,1H3,(H,20,21)/t16-/m0/s1. The zero-order valence-electron chi connectivity index (χ0n) is 12.3. The van der Waals surface area contributed by atoms with E-state index in [0.29, 0.717) is 31.6 Å². The van der Waals surface area contributed by atoms with Crippen LogP contribution in [0.2, 0.25) is 0 Å². The highest BCUT2D eigenvalue weighted by molar-refractivity contribution is 5.80. The molecular formula is C16H18N2O4. The molecule has 0 radical (unpaired) electrons. The van der Waals surface area contributed by atoms with Gasteiger partial charge >= 0.3 is 11.6 Å². The van der Waals surface area contributed by atoms with E-state index in [1.54, 1.807) is 0 Å². The summed E-state index contributed by atoms with van der Waals surface area (Å²) in [5, 5.41) is 10.1. The van der Waals surface area contributed by atoms with Crippen molar-refractivity contribution in [2.45, 2.75) is 25.4 Å². The van der Waals surface area contributed by atoms with E-state index in [1.807, 2.05) is 30.0 Å². The SMILES string of the molecule is Cc1cc(=O)oc2cc(CN3CC[C@@](N)(C(=O)O)C3)ccc12. The quantitative estimate of drug-likeness (QED) is 0.824. The third kappa shape index (κ3) is 2.63. The molecule has 6 nitrogen and oxygen atoms in total. The molecule has 0 bridgehead atoms. The molecule has 0 saturated carbocycles. The number of hydrogen-bond acceptors (Lipinski definition) is 5. The highest BCUT2D eigenvalue weighted by Crippen LogP contribution is 2.23. The lowest BCUT2D eigenvalue weighted by Gasteiger charge is -2.20. The summed E-state index contributed by atoms with van der Waals surface area (Å²) in [5.74, 6) is -0.963. The second-order valence-corrected chi connectivity index (χ2v) is 6.00. The van der Waals surface area contributed by atoms with Crippen molar-refractivity contribution < 1.29 is 14.3 Å². The summed E-state index contributed by atoms with van der Waals surface area (Å²) < 4.78 is 5.23. The van der Waals surface area contributed by atoms with Crippen molar-refractivity contribution in [3.63, 3.8) is 0 Å². The van der Waals surface area contributed by atoms with Crippen LogP contribution in [0.15, 0.2) is 33.5 Å². The Morgan fingerprint density at radius 1 is 1.45 bits per heavy atom. The molecule has 1 saturated heterocycles. The Hall–Kier alpha value is -2.18. The fourth-order valence-corrected chi connectivity index (χ4v) is 2.95. The number of benzene rings is 1. The molecule has 3 N–H and O–H groups in total. The summed E-state index contributed by atoms with van der Waals surface area (Å²) in [7, 11) is 0. The topological polar surface area (TPSA) is 96.8 Å². The van der Waals surface area contributed by atoms with Crippen molar-refractivity contribution in [1.29, 1.82) is 0 Å². The van der Waals surface area contributed by atoms with Gasteiger partial charge in [0.05, 0.1) is 0 Å². The van der Waals surface area contributed by atoms with Gasteiger partial charge in [0.1, 0.15) is 11.1 Å². The zero-order valence-corrected chi connectivity index (χ0v) is 12.3. The molecule has 1 aliphatic heterocycles. The van der Waals surface area contributed by atoms with Crippen molar-refractivity contribution in [3.8, 4) is 0 Å². The van der Waals surface area contributed by atoms with Gasteiger partial charge < -0.3 is 15.3 Å². The van der Waals surface area contributed by atoms with Gasteiger partial charge in [-0.25, -0.2) is 4.79 Å². The van der Waals surface area contributed by atoms with E-state index < -0.39 is 11.5 Å².